The molecule has 0 amide bonds. The van der Waals surface area contributed by atoms with Crippen LogP contribution in [0, 0.1) is 19.3 Å². The van der Waals surface area contributed by atoms with E-state index in [4.69, 9.17) is 11.2 Å². The smallest absolute Gasteiger partial charge is 0.279 e. The van der Waals surface area contributed by atoms with Crippen LogP contribution in [-0.2, 0) is 10.0 Å². The van der Waals surface area contributed by atoms with Crippen molar-refractivity contribution in [2.75, 3.05) is 13.7 Å². The van der Waals surface area contributed by atoms with Crippen molar-refractivity contribution in [3.8, 4) is 18.1 Å². The van der Waals surface area contributed by atoms with Gasteiger partial charge in [0.2, 0.25) is 0 Å². The summed E-state index contributed by atoms with van der Waals surface area (Å²) in [5.74, 6) is 3.09. The van der Waals surface area contributed by atoms with Crippen LogP contribution in [0.3, 0.4) is 0 Å². The molecule has 0 aliphatic carbocycles. The zero-order chi connectivity index (χ0) is 19.0. The van der Waals surface area contributed by atoms with Gasteiger partial charge in [0, 0.05) is 6.21 Å². The lowest BCUT2D eigenvalue weighted by molar-refractivity contribution is 0.415. The number of hydrogen-bond donors (Lipinski definition) is 0. The summed E-state index contributed by atoms with van der Waals surface area (Å²) in [6.07, 6.45) is 10.1. The van der Waals surface area contributed by atoms with Gasteiger partial charge in [-0.3, -0.25) is 0 Å². The standard InChI is InChI=1S/C20H20N2O3S/c1-4-16-22(26(23,24)20-13-7-17(2)8-14-20)21-15-5-6-18-9-11-19(25-3)12-10-18/h1,5-15H,16H2,2-3H3/b6-5+,21-15+. The fourth-order valence-corrected chi connectivity index (χ4v) is 3.23. The van der Waals surface area contributed by atoms with E-state index in [0.717, 1.165) is 21.3 Å². The number of benzene rings is 2. The molecule has 0 atom stereocenters. The van der Waals surface area contributed by atoms with Crippen molar-refractivity contribution in [3.63, 3.8) is 0 Å². The van der Waals surface area contributed by atoms with Crippen LogP contribution in [0.15, 0.2) is 64.6 Å². The first-order valence-corrected chi connectivity index (χ1v) is 9.29. The van der Waals surface area contributed by atoms with Gasteiger partial charge in [-0.2, -0.15) is 17.9 Å². The summed E-state index contributed by atoms with van der Waals surface area (Å²) in [7, 11) is -2.19. The highest BCUT2D eigenvalue weighted by Crippen LogP contribution is 2.16. The van der Waals surface area contributed by atoms with Gasteiger partial charge in [0.15, 0.2) is 0 Å². The Morgan fingerprint density at radius 2 is 1.81 bits per heavy atom. The molecule has 2 rings (SSSR count). The maximum absolute atomic E-state index is 12.6. The SMILES string of the molecule is C#CCN(/N=C/C=C/c1ccc(OC)cc1)S(=O)(=O)c1ccc(C)cc1. The largest absolute Gasteiger partial charge is 0.497 e. The van der Waals surface area contributed by atoms with E-state index in [1.54, 1.807) is 31.4 Å². The number of allylic oxidation sites excluding steroid dienone is 1. The van der Waals surface area contributed by atoms with Gasteiger partial charge in [0.1, 0.15) is 12.3 Å². The molecule has 134 valence electrons. The van der Waals surface area contributed by atoms with Crippen LogP contribution in [0.25, 0.3) is 6.08 Å². The van der Waals surface area contributed by atoms with E-state index < -0.39 is 10.0 Å². The molecular formula is C20H20N2O3S. The molecule has 2 aromatic rings. The Balaban J connectivity index is 2.16. The molecule has 5 nitrogen and oxygen atoms in total. The molecule has 26 heavy (non-hydrogen) atoms. The Morgan fingerprint density at radius 1 is 1.15 bits per heavy atom. The van der Waals surface area contributed by atoms with Gasteiger partial charge in [-0.05, 0) is 42.8 Å². The van der Waals surface area contributed by atoms with Crippen molar-refractivity contribution in [1.29, 1.82) is 0 Å². The second kappa shape index (κ2) is 8.88. The van der Waals surface area contributed by atoms with Crippen LogP contribution in [-0.4, -0.2) is 32.7 Å². The number of terminal acetylenes is 1. The van der Waals surface area contributed by atoms with Crippen molar-refractivity contribution in [2.45, 2.75) is 11.8 Å². The summed E-state index contributed by atoms with van der Waals surface area (Å²) in [5.41, 5.74) is 1.90. The van der Waals surface area contributed by atoms with E-state index in [1.807, 2.05) is 31.2 Å². The van der Waals surface area contributed by atoms with Crippen molar-refractivity contribution in [1.82, 2.24) is 4.41 Å². The molecule has 0 unspecified atom stereocenters. The number of methoxy groups -OCH3 is 1. The van der Waals surface area contributed by atoms with E-state index in [-0.39, 0.29) is 11.4 Å². The van der Waals surface area contributed by atoms with Crippen molar-refractivity contribution >= 4 is 22.3 Å². The minimum atomic E-state index is -3.79. The van der Waals surface area contributed by atoms with Gasteiger partial charge < -0.3 is 4.74 Å². The molecule has 2 aromatic carbocycles. The Bertz CT molecular complexity index is 923. The van der Waals surface area contributed by atoms with Gasteiger partial charge in [-0.25, -0.2) is 0 Å². The van der Waals surface area contributed by atoms with Crippen LogP contribution >= 0.6 is 0 Å². The van der Waals surface area contributed by atoms with Gasteiger partial charge >= 0.3 is 0 Å². The van der Waals surface area contributed by atoms with Gasteiger partial charge in [-0.15, -0.1) is 6.42 Å². The second-order valence-electron chi connectivity index (χ2n) is 5.40. The number of ether oxygens (including phenoxy) is 1. The molecule has 0 aliphatic heterocycles. The monoisotopic (exact) mass is 368 g/mol. The third kappa shape index (κ3) is 4.98. The van der Waals surface area contributed by atoms with Crippen LogP contribution in [0.4, 0.5) is 0 Å². The predicted molar refractivity (Wildman–Crippen MR) is 104 cm³/mol. The Kier molecular flexibility index (Phi) is 6.59. The Hall–Kier alpha value is -3.04. The van der Waals surface area contributed by atoms with E-state index in [0.29, 0.717) is 0 Å². The van der Waals surface area contributed by atoms with E-state index >= 15 is 0 Å². The topological polar surface area (TPSA) is 59.0 Å². The molecule has 0 spiro atoms. The summed E-state index contributed by atoms with van der Waals surface area (Å²) in [6.45, 7) is 1.74. The van der Waals surface area contributed by atoms with Crippen molar-refractivity contribution in [3.05, 3.63) is 65.7 Å². The van der Waals surface area contributed by atoms with Crippen molar-refractivity contribution < 1.29 is 13.2 Å². The summed E-state index contributed by atoms with van der Waals surface area (Å²) in [5, 5.41) is 4.00. The molecule has 0 fully saturated rings. The third-order valence-electron chi connectivity index (χ3n) is 3.51. The number of hydrogen-bond acceptors (Lipinski definition) is 4. The zero-order valence-electron chi connectivity index (χ0n) is 14.7. The molecule has 0 heterocycles. The highest BCUT2D eigenvalue weighted by Gasteiger charge is 2.21. The molecule has 0 saturated carbocycles. The number of nitrogens with zero attached hydrogens (tertiary/aromatic N) is 2. The van der Waals surface area contributed by atoms with Crippen LogP contribution < -0.4 is 4.74 Å². The normalized spacial score (nSPS) is 11.6. The summed E-state index contributed by atoms with van der Waals surface area (Å²) in [4.78, 5) is 0.148. The number of rotatable bonds is 7. The maximum Gasteiger partial charge on any atom is 0.279 e. The second-order valence-corrected chi connectivity index (χ2v) is 7.24. The first-order chi connectivity index (χ1) is 12.5. The van der Waals surface area contributed by atoms with Gasteiger partial charge in [0.05, 0.1) is 12.0 Å². The average molecular weight is 368 g/mol. The third-order valence-corrected chi connectivity index (χ3v) is 5.16. The predicted octanol–water partition coefficient (Wildman–Crippen LogP) is 3.33. The van der Waals surface area contributed by atoms with Gasteiger partial charge in [0.25, 0.3) is 10.0 Å². The Morgan fingerprint density at radius 3 is 2.38 bits per heavy atom. The zero-order valence-corrected chi connectivity index (χ0v) is 15.5. The van der Waals surface area contributed by atoms with Gasteiger partial charge in [-0.1, -0.05) is 41.8 Å². The molecular weight excluding hydrogens is 348 g/mol. The molecule has 0 radical (unpaired) electrons. The number of aryl methyl sites for hydroxylation is 1. The number of hydrazone groups is 1. The minimum Gasteiger partial charge on any atom is -0.497 e. The minimum absolute atomic E-state index is 0.148. The van der Waals surface area contributed by atoms with Crippen molar-refractivity contribution in [2.24, 2.45) is 5.10 Å². The fourth-order valence-electron chi connectivity index (χ4n) is 2.08. The summed E-state index contributed by atoms with van der Waals surface area (Å²) >= 11 is 0. The number of sulfonamides is 1. The molecule has 0 bridgehead atoms. The lowest BCUT2D eigenvalue weighted by atomic mass is 10.2. The first kappa shape index (κ1) is 19.3. The van der Waals surface area contributed by atoms with E-state index in [9.17, 15) is 8.42 Å². The highest BCUT2D eigenvalue weighted by molar-refractivity contribution is 7.89. The average Bonchev–Trinajstić information content (AvgIpc) is 2.65. The molecule has 0 aliphatic rings. The molecule has 0 saturated heterocycles. The Labute approximate surface area is 154 Å². The summed E-state index contributed by atoms with van der Waals surface area (Å²) < 4.78 is 31.3. The lowest BCUT2D eigenvalue weighted by Gasteiger charge is -2.16. The van der Waals surface area contributed by atoms with Crippen LogP contribution in [0.5, 0.6) is 5.75 Å². The summed E-state index contributed by atoms with van der Waals surface area (Å²) in [6, 6.07) is 14.0. The van der Waals surface area contributed by atoms with E-state index in [1.165, 1.54) is 18.3 Å². The molecule has 0 aromatic heterocycles. The fraction of sp³-hybridized carbons (Fsp3) is 0.150. The van der Waals surface area contributed by atoms with E-state index in [2.05, 4.69) is 11.0 Å². The quantitative estimate of drug-likeness (QED) is 0.428. The molecule has 0 N–H and O–H groups in total. The van der Waals surface area contributed by atoms with Crippen LogP contribution in [0.2, 0.25) is 0 Å². The maximum atomic E-state index is 12.6. The molecule has 6 heteroatoms. The lowest BCUT2D eigenvalue weighted by Crippen LogP contribution is -2.26. The van der Waals surface area contributed by atoms with Crippen LogP contribution in [0.1, 0.15) is 11.1 Å². The first-order valence-electron chi connectivity index (χ1n) is 7.85. The highest BCUT2D eigenvalue weighted by atomic mass is 32.2.